The SMILES string of the molecule is CCCOc1cc(-c2nnc3ccc(F)cn23)ccc1N. The molecule has 2 N–H and O–H groups in total. The Bertz CT molecular complexity index is 784. The summed E-state index contributed by atoms with van der Waals surface area (Å²) >= 11 is 0. The van der Waals surface area contributed by atoms with Gasteiger partial charge in [0, 0.05) is 11.8 Å². The van der Waals surface area contributed by atoms with Crippen LogP contribution in [0.5, 0.6) is 5.75 Å². The molecule has 21 heavy (non-hydrogen) atoms. The van der Waals surface area contributed by atoms with Gasteiger partial charge in [0.1, 0.15) is 11.6 Å². The van der Waals surface area contributed by atoms with E-state index in [1.807, 2.05) is 13.0 Å². The van der Waals surface area contributed by atoms with Crippen LogP contribution in [0.25, 0.3) is 17.0 Å². The van der Waals surface area contributed by atoms with Crippen LogP contribution in [0.1, 0.15) is 13.3 Å². The van der Waals surface area contributed by atoms with Crippen LogP contribution < -0.4 is 10.5 Å². The van der Waals surface area contributed by atoms with Gasteiger partial charge in [0.2, 0.25) is 0 Å². The maximum atomic E-state index is 13.4. The molecule has 0 amide bonds. The molecule has 0 aliphatic rings. The molecule has 0 saturated heterocycles. The smallest absolute Gasteiger partial charge is 0.168 e. The van der Waals surface area contributed by atoms with Crippen LogP contribution in [0, 0.1) is 5.82 Å². The number of nitrogens with two attached hydrogens (primary N) is 1. The lowest BCUT2D eigenvalue weighted by Crippen LogP contribution is -2.00. The first-order chi connectivity index (χ1) is 10.2. The summed E-state index contributed by atoms with van der Waals surface area (Å²) in [6.07, 6.45) is 2.25. The largest absolute Gasteiger partial charge is 0.491 e. The van der Waals surface area contributed by atoms with E-state index < -0.39 is 0 Å². The number of ether oxygens (including phenoxy) is 1. The van der Waals surface area contributed by atoms with Crippen molar-refractivity contribution in [2.75, 3.05) is 12.3 Å². The van der Waals surface area contributed by atoms with Crippen molar-refractivity contribution in [3.05, 3.63) is 42.3 Å². The topological polar surface area (TPSA) is 65.4 Å². The highest BCUT2D eigenvalue weighted by Crippen LogP contribution is 2.28. The monoisotopic (exact) mass is 286 g/mol. The summed E-state index contributed by atoms with van der Waals surface area (Å²) in [6, 6.07) is 8.30. The highest BCUT2D eigenvalue weighted by atomic mass is 19.1. The van der Waals surface area contributed by atoms with Crippen molar-refractivity contribution in [2.24, 2.45) is 0 Å². The number of benzene rings is 1. The Morgan fingerprint density at radius 3 is 2.90 bits per heavy atom. The second-order valence-electron chi connectivity index (χ2n) is 4.70. The highest BCUT2D eigenvalue weighted by Gasteiger charge is 2.11. The van der Waals surface area contributed by atoms with Gasteiger partial charge in [0.15, 0.2) is 11.5 Å². The minimum atomic E-state index is -0.346. The van der Waals surface area contributed by atoms with Crippen molar-refractivity contribution in [2.45, 2.75) is 13.3 Å². The van der Waals surface area contributed by atoms with Crippen LogP contribution in [-0.4, -0.2) is 21.2 Å². The van der Waals surface area contributed by atoms with Crippen molar-refractivity contribution < 1.29 is 9.13 Å². The van der Waals surface area contributed by atoms with E-state index in [0.29, 0.717) is 29.5 Å². The Hall–Kier alpha value is -2.63. The van der Waals surface area contributed by atoms with Crippen molar-refractivity contribution in [3.8, 4) is 17.1 Å². The molecule has 0 saturated carbocycles. The predicted octanol–water partition coefficient (Wildman–Crippen LogP) is 2.91. The quantitative estimate of drug-likeness (QED) is 0.749. The Morgan fingerprint density at radius 1 is 1.24 bits per heavy atom. The van der Waals surface area contributed by atoms with Gasteiger partial charge in [-0.25, -0.2) is 4.39 Å². The molecule has 0 bridgehead atoms. The average Bonchev–Trinajstić information content (AvgIpc) is 2.89. The van der Waals surface area contributed by atoms with Crippen molar-refractivity contribution in [1.29, 1.82) is 0 Å². The van der Waals surface area contributed by atoms with Gasteiger partial charge in [0.05, 0.1) is 12.3 Å². The number of nitrogens with zero attached hydrogens (tertiary/aromatic N) is 3. The summed E-state index contributed by atoms with van der Waals surface area (Å²) in [7, 11) is 0. The zero-order valence-corrected chi connectivity index (χ0v) is 11.6. The molecule has 2 heterocycles. The first-order valence-corrected chi connectivity index (χ1v) is 6.72. The van der Waals surface area contributed by atoms with Crippen LogP contribution in [0.3, 0.4) is 0 Å². The standard InChI is InChI=1S/C15H15FN4O/c1-2-7-21-13-8-10(3-5-12(13)17)15-19-18-14-6-4-11(16)9-20(14)15/h3-6,8-9H,2,7,17H2,1H3. The maximum Gasteiger partial charge on any atom is 0.168 e. The lowest BCUT2D eigenvalue weighted by molar-refractivity contribution is 0.319. The van der Waals surface area contributed by atoms with Gasteiger partial charge >= 0.3 is 0 Å². The third-order valence-corrected chi connectivity index (χ3v) is 3.10. The maximum absolute atomic E-state index is 13.4. The van der Waals surface area contributed by atoms with Gasteiger partial charge in [-0.15, -0.1) is 10.2 Å². The fourth-order valence-electron chi connectivity index (χ4n) is 2.07. The molecule has 0 aliphatic carbocycles. The first kappa shape index (κ1) is 13.4. The second-order valence-corrected chi connectivity index (χ2v) is 4.70. The normalized spacial score (nSPS) is 11.0. The van der Waals surface area contributed by atoms with Gasteiger partial charge in [0.25, 0.3) is 0 Å². The van der Waals surface area contributed by atoms with Gasteiger partial charge in [-0.2, -0.15) is 0 Å². The van der Waals surface area contributed by atoms with E-state index in [9.17, 15) is 4.39 Å². The third-order valence-electron chi connectivity index (χ3n) is 3.10. The molecule has 3 rings (SSSR count). The Morgan fingerprint density at radius 2 is 2.10 bits per heavy atom. The van der Waals surface area contributed by atoms with E-state index in [0.717, 1.165) is 12.0 Å². The molecule has 108 valence electrons. The molecule has 5 nitrogen and oxygen atoms in total. The van der Waals surface area contributed by atoms with E-state index >= 15 is 0 Å². The third kappa shape index (κ3) is 2.52. The number of hydrogen-bond acceptors (Lipinski definition) is 4. The number of nitrogen functional groups attached to an aromatic ring is 1. The average molecular weight is 286 g/mol. The van der Waals surface area contributed by atoms with Gasteiger partial charge in [-0.1, -0.05) is 6.92 Å². The fraction of sp³-hybridized carbons (Fsp3) is 0.200. The lowest BCUT2D eigenvalue weighted by atomic mass is 10.2. The van der Waals surface area contributed by atoms with Crippen LogP contribution in [0.4, 0.5) is 10.1 Å². The molecular formula is C15H15FN4O. The van der Waals surface area contributed by atoms with E-state index in [2.05, 4.69) is 10.2 Å². The van der Waals surface area contributed by atoms with Gasteiger partial charge < -0.3 is 10.5 Å². The molecule has 0 fully saturated rings. The van der Waals surface area contributed by atoms with E-state index in [1.165, 1.54) is 12.3 Å². The summed E-state index contributed by atoms with van der Waals surface area (Å²) in [4.78, 5) is 0. The minimum Gasteiger partial charge on any atom is -0.491 e. The number of fused-ring (bicyclic) bond motifs is 1. The summed E-state index contributed by atoms with van der Waals surface area (Å²) in [5.74, 6) is 0.801. The molecule has 0 aliphatic heterocycles. The fourth-order valence-corrected chi connectivity index (χ4v) is 2.07. The van der Waals surface area contributed by atoms with Crippen molar-refractivity contribution in [1.82, 2.24) is 14.6 Å². The number of hydrogen-bond donors (Lipinski definition) is 1. The molecule has 0 spiro atoms. The summed E-state index contributed by atoms with van der Waals surface area (Å²) in [6.45, 7) is 2.61. The molecule has 6 heteroatoms. The Balaban J connectivity index is 2.08. The van der Waals surface area contributed by atoms with Crippen LogP contribution in [0.2, 0.25) is 0 Å². The molecule has 1 aromatic carbocycles. The molecule has 3 aromatic rings. The molecular weight excluding hydrogens is 271 g/mol. The molecule has 0 radical (unpaired) electrons. The number of aromatic nitrogens is 3. The summed E-state index contributed by atoms with van der Waals surface area (Å²) < 4.78 is 20.6. The molecule has 0 atom stereocenters. The first-order valence-electron chi connectivity index (χ1n) is 6.72. The number of pyridine rings is 1. The zero-order chi connectivity index (χ0) is 14.8. The van der Waals surface area contributed by atoms with E-state index in [4.69, 9.17) is 10.5 Å². The Labute approximate surface area is 121 Å². The van der Waals surface area contributed by atoms with Crippen LogP contribution in [0.15, 0.2) is 36.5 Å². The van der Waals surface area contributed by atoms with Gasteiger partial charge in [-0.3, -0.25) is 4.40 Å². The number of halogens is 1. The number of rotatable bonds is 4. The Kier molecular flexibility index (Phi) is 3.43. The number of anilines is 1. The minimum absolute atomic E-state index is 0.346. The van der Waals surface area contributed by atoms with E-state index in [-0.39, 0.29) is 5.82 Å². The van der Waals surface area contributed by atoms with Crippen molar-refractivity contribution in [3.63, 3.8) is 0 Å². The van der Waals surface area contributed by atoms with Gasteiger partial charge in [-0.05, 0) is 36.8 Å². The zero-order valence-electron chi connectivity index (χ0n) is 11.6. The molecule has 2 aromatic heterocycles. The van der Waals surface area contributed by atoms with Crippen LogP contribution >= 0.6 is 0 Å². The second kappa shape index (κ2) is 5.40. The van der Waals surface area contributed by atoms with Crippen LogP contribution in [-0.2, 0) is 0 Å². The summed E-state index contributed by atoms with van der Waals surface area (Å²) in [5.41, 5.74) is 7.81. The predicted molar refractivity (Wildman–Crippen MR) is 78.6 cm³/mol. The highest BCUT2D eigenvalue weighted by molar-refractivity contribution is 5.67. The lowest BCUT2D eigenvalue weighted by Gasteiger charge is -2.09. The molecule has 0 unspecified atom stereocenters. The summed E-state index contributed by atoms with van der Waals surface area (Å²) in [5, 5.41) is 8.13. The van der Waals surface area contributed by atoms with Crippen molar-refractivity contribution >= 4 is 11.3 Å². The van der Waals surface area contributed by atoms with E-state index in [1.54, 1.807) is 22.6 Å².